The summed E-state index contributed by atoms with van der Waals surface area (Å²) >= 11 is 0. The molecule has 1 unspecified atom stereocenters. The number of ether oxygens (including phenoxy) is 1. The van der Waals surface area contributed by atoms with Gasteiger partial charge in [-0.3, -0.25) is 0 Å². The molecule has 1 N–H and O–H groups in total. The molecule has 0 aromatic rings. The maximum absolute atomic E-state index is 9.87. The lowest BCUT2D eigenvalue weighted by molar-refractivity contribution is 0.0654. The lowest BCUT2D eigenvalue weighted by Gasteiger charge is -2.17. The van der Waals surface area contributed by atoms with Crippen molar-refractivity contribution in [2.75, 3.05) is 7.11 Å². The summed E-state index contributed by atoms with van der Waals surface area (Å²) in [6, 6.07) is 0. The van der Waals surface area contributed by atoms with Crippen molar-refractivity contribution in [2.24, 2.45) is 0 Å². The maximum atomic E-state index is 9.87. The van der Waals surface area contributed by atoms with E-state index >= 15 is 0 Å². The van der Waals surface area contributed by atoms with E-state index in [1.54, 1.807) is 20.1 Å². The maximum Gasteiger partial charge on any atom is 0.0802 e. The van der Waals surface area contributed by atoms with Gasteiger partial charge in [0.15, 0.2) is 0 Å². The molecule has 0 aromatic heterocycles. The summed E-state index contributed by atoms with van der Waals surface area (Å²) in [4.78, 5) is 0. The predicted octanol–water partition coefficient (Wildman–Crippen LogP) is 5.75. The fourth-order valence-electron chi connectivity index (χ4n) is 2.04. The molecule has 0 aromatic carbocycles. The normalized spacial score (nSPS) is 16.7. The van der Waals surface area contributed by atoms with Crippen LogP contribution in [-0.4, -0.2) is 23.4 Å². The van der Waals surface area contributed by atoms with Gasteiger partial charge in [-0.2, -0.15) is 0 Å². The molecule has 0 saturated heterocycles. The van der Waals surface area contributed by atoms with Crippen LogP contribution in [0.2, 0.25) is 0 Å². The highest BCUT2D eigenvalue weighted by atomic mass is 16.5. The Bertz CT molecular complexity index is 437. The third-order valence-electron chi connectivity index (χ3n) is 4.10. The van der Waals surface area contributed by atoms with Crippen LogP contribution in [0.1, 0.15) is 66.7 Å². The molecule has 0 amide bonds. The molecule has 0 aliphatic rings. The highest BCUT2D eigenvalue weighted by Crippen LogP contribution is 2.16. The van der Waals surface area contributed by atoms with E-state index < -0.39 is 5.60 Å². The Labute approximate surface area is 143 Å². The molecule has 2 heteroatoms. The minimum atomic E-state index is -0.754. The van der Waals surface area contributed by atoms with Crippen LogP contribution < -0.4 is 0 Å². The van der Waals surface area contributed by atoms with E-state index in [4.69, 9.17) is 4.74 Å². The van der Waals surface area contributed by atoms with Gasteiger partial charge >= 0.3 is 0 Å². The van der Waals surface area contributed by atoms with Gasteiger partial charge in [0.05, 0.1) is 11.2 Å². The number of allylic oxidation sites excluding steroid dienone is 5. The van der Waals surface area contributed by atoms with Crippen LogP contribution >= 0.6 is 0 Å². The van der Waals surface area contributed by atoms with Crippen LogP contribution in [0.15, 0.2) is 48.1 Å². The fourth-order valence-corrected chi connectivity index (χ4v) is 2.04. The molecule has 0 saturated carbocycles. The fraction of sp³-hybridized carbons (Fsp3) is 0.619. The molecule has 0 fully saturated rings. The van der Waals surface area contributed by atoms with E-state index in [2.05, 4.69) is 58.6 Å². The molecule has 0 radical (unpaired) electrons. The molecule has 0 heterocycles. The largest absolute Gasteiger partial charge is 0.386 e. The first-order valence-corrected chi connectivity index (χ1v) is 8.52. The van der Waals surface area contributed by atoms with Crippen molar-refractivity contribution in [3.05, 3.63) is 48.1 Å². The standard InChI is InChI=1S/C21H36O2/c1-8-21(6,22)17-11-15-19(3)13-9-12-18(2)14-10-16-20(4,5)23-7/h8,10,12,15-16,22H,1,9,11,13-14,17H2,2-7H3/b16-10+,18-12+,19-15+. The lowest BCUT2D eigenvalue weighted by Crippen LogP contribution is -2.19. The molecule has 132 valence electrons. The Morgan fingerprint density at radius 1 is 1.09 bits per heavy atom. The summed E-state index contributed by atoms with van der Waals surface area (Å²) in [7, 11) is 1.73. The summed E-state index contributed by atoms with van der Waals surface area (Å²) in [5.74, 6) is 0. The van der Waals surface area contributed by atoms with E-state index in [-0.39, 0.29) is 5.60 Å². The predicted molar refractivity (Wildman–Crippen MR) is 102 cm³/mol. The van der Waals surface area contributed by atoms with Crippen molar-refractivity contribution in [3.63, 3.8) is 0 Å². The van der Waals surface area contributed by atoms with Gasteiger partial charge in [-0.05, 0) is 66.7 Å². The quantitative estimate of drug-likeness (QED) is 0.491. The molecule has 0 bridgehead atoms. The second-order valence-corrected chi connectivity index (χ2v) is 7.15. The Morgan fingerprint density at radius 2 is 1.70 bits per heavy atom. The SMILES string of the molecule is C=CC(C)(O)CC/C=C(\C)CC/C=C(\C)C/C=C/C(C)(C)OC. The Balaban J connectivity index is 4.14. The Kier molecular flexibility index (Phi) is 10.1. The van der Waals surface area contributed by atoms with Crippen molar-refractivity contribution in [2.45, 2.75) is 77.9 Å². The van der Waals surface area contributed by atoms with Crippen LogP contribution in [0.25, 0.3) is 0 Å². The van der Waals surface area contributed by atoms with Gasteiger partial charge in [-0.25, -0.2) is 0 Å². The van der Waals surface area contributed by atoms with Crippen molar-refractivity contribution < 1.29 is 9.84 Å². The zero-order valence-corrected chi connectivity index (χ0v) is 16.0. The summed E-state index contributed by atoms with van der Waals surface area (Å²) in [5.41, 5.74) is 1.82. The second kappa shape index (κ2) is 10.6. The van der Waals surface area contributed by atoms with Crippen LogP contribution in [0.4, 0.5) is 0 Å². The number of hydrogen-bond donors (Lipinski definition) is 1. The smallest absolute Gasteiger partial charge is 0.0802 e. The number of hydrogen-bond acceptors (Lipinski definition) is 2. The third-order valence-corrected chi connectivity index (χ3v) is 4.10. The number of aliphatic hydroxyl groups is 1. The van der Waals surface area contributed by atoms with Crippen LogP contribution in [0.5, 0.6) is 0 Å². The van der Waals surface area contributed by atoms with Crippen molar-refractivity contribution in [1.82, 2.24) is 0 Å². The van der Waals surface area contributed by atoms with Gasteiger partial charge in [0, 0.05) is 7.11 Å². The second-order valence-electron chi connectivity index (χ2n) is 7.15. The minimum absolute atomic E-state index is 0.188. The molecule has 0 aliphatic carbocycles. The molecular formula is C21H36O2. The minimum Gasteiger partial charge on any atom is -0.386 e. The van der Waals surface area contributed by atoms with E-state index in [0.717, 1.165) is 32.1 Å². The molecular weight excluding hydrogens is 284 g/mol. The zero-order valence-electron chi connectivity index (χ0n) is 16.0. The zero-order chi connectivity index (χ0) is 17.9. The molecule has 1 atom stereocenters. The topological polar surface area (TPSA) is 29.5 Å². The monoisotopic (exact) mass is 320 g/mol. The Morgan fingerprint density at radius 3 is 2.26 bits per heavy atom. The van der Waals surface area contributed by atoms with E-state index in [1.807, 2.05) is 0 Å². The van der Waals surface area contributed by atoms with Crippen molar-refractivity contribution in [1.29, 1.82) is 0 Å². The summed E-state index contributed by atoms with van der Waals surface area (Å²) < 4.78 is 5.36. The van der Waals surface area contributed by atoms with E-state index in [9.17, 15) is 5.11 Å². The van der Waals surface area contributed by atoms with Crippen LogP contribution in [-0.2, 0) is 4.74 Å². The van der Waals surface area contributed by atoms with Gasteiger partial charge in [0.25, 0.3) is 0 Å². The number of methoxy groups -OCH3 is 1. The van der Waals surface area contributed by atoms with Gasteiger partial charge in [-0.1, -0.05) is 41.5 Å². The third kappa shape index (κ3) is 12.0. The van der Waals surface area contributed by atoms with Crippen LogP contribution in [0.3, 0.4) is 0 Å². The van der Waals surface area contributed by atoms with Crippen molar-refractivity contribution in [3.8, 4) is 0 Å². The first-order chi connectivity index (χ1) is 10.6. The molecule has 0 spiro atoms. The molecule has 0 aliphatic heterocycles. The Hall–Kier alpha value is -1.12. The van der Waals surface area contributed by atoms with Gasteiger partial charge in [0.2, 0.25) is 0 Å². The van der Waals surface area contributed by atoms with Gasteiger partial charge < -0.3 is 9.84 Å². The van der Waals surface area contributed by atoms with Crippen LogP contribution in [0, 0.1) is 0 Å². The van der Waals surface area contributed by atoms with E-state index in [1.165, 1.54) is 11.1 Å². The average molecular weight is 321 g/mol. The summed E-state index contributed by atoms with van der Waals surface area (Å²) in [6.45, 7) is 13.9. The molecule has 2 nitrogen and oxygen atoms in total. The van der Waals surface area contributed by atoms with Gasteiger partial charge in [0.1, 0.15) is 0 Å². The highest BCUT2D eigenvalue weighted by Gasteiger charge is 2.13. The molecule has 0 rings (SSSR count). The first-order valence-electron chi connectivity index (χ1n) is 8.52. The van der Waals surface area contributed by atoms with E-state index in [0.29, 0.717) is 0 Å². The average Bonchev–Trinajstić information content (AvgIpc) is 2.47. The first kappa shape index (κ1) is 21.9. The van der Waals surface area contributed by atoms with Gasteiger partial charge in [-0.15, -0.1) is 6.58 Å². The molecule has 23 heavy (non-hydrogen) atoms. The lowest BCUT2D eigenvalue weighted by atomic mass is 9.99. The van der Waals surface area contributed by atoms with Crippen molar-refractivity contribution >= 4 is 0 Å². The highest BCUT2D eigenvalue weighted by molar-refractivity contribution is 5.09. The summed E-state index contributed by atoms with van der Waals surface area (Å²) in [5, 5.41) is 9.87. The number of rotatable bonds is 11. The summed E-state index contributed by atoms with van der Waals surface area (Å²) in [6.07, 6.45) is 15.2.